The van der Waals surface area contributed by atoms with Crippen LogP contribution in [0.5, 0.6) is 0 Å². The summed E-state index contributed by atoms with van der Waals surface area (Å²) in [5.41, 5.74) is 0.273. The Balaban J connectivity index is 2.68. The minimum Gasteiger partial charge on any atom is -0.480 e. The van der Waals surface area contributed by atoms with E-state index >= 15 is 0 Å². The van der Waals surface area contributed by atoms with Gasteiger partial charge in [0.25, 0.3) is 0 Å². The van der Waals surface area contributed by atoms with Crippen LogP contribution in [0.15, 0.2) is 24.3 Å². The van der Waals surface area contributed by atoms with Gasteiger partial charge < -0.3 is 10.4 Å². The summed E-state index contributed by atoms with van der Waals surface area (Å²) in [4.78, 5) is 21.7. The molecule has 0 radical (unpaired) electrons. The summed E-state index contributed by atoms with van der Waals surface area (Å²) >= 11 is 5.77. The topological polar surface area (TPSA) is 101 Å². The molecule has 0 bridgehead atoms. The molecule has 0 atom stereocenters. The van der Waals surface area contributed by atoms with Crippen LogP contribution in [-0.4, -0.2) is 36.9 Å². The molecule has 1 aromatic carbocycles. The quantitative estimate of drug-likeness (QED) is 0.835. The Morgan fingerprint density at radius 3 is 2.39 bits per heavy atom. The molecule has 0 saturated heterocycles. The molecule has 1 aromatic rings. The number of carboxylic acids is 1. The maximum absolute atomic E-state index is 11.4. The van der Waals surface area contributed by atoms with Crippen LogP contribution in [0.4, 0.5) is 5.69 Å². The zero-order valence-corrected chi connectivity index (χ0v) is 10.7. The number of rotatable bonds is 5. The Hall–Kier alpha value is -1.60. The fourth-order valence-electron chi connectivity index (χ4n) is 1.19. The van der Waals surface area contributed by atoms with Crippen LogP contribution in [0.3, 0.4) is 0 Å². The molecule has 6 nitrogen and oxygen atoms in total. The van der Waals surface area contributed by atoms with Gasteiger partial charge in [0.1, 0.15) is 11.5 Å². The number of sulfone groups is 1. The SMILES string of the molecule is O=C(O)CS(=O)(=O)CC(=O)Nc1ccccc1Cl. The first-order chi connectivity index (χ1) is 8.30. The second kappa shape index (κ2) is 5.83. The summed E-state index contributed by atoms with van der Waals surface area (Å²) in [7, 11) is -3.97. The van der Waals surface area contributed by atoms with Crippen molar-refractivity contribution in [3.05, 3.63) is 29.3 Å². The number of hydrogen-bond donors (Lipinski definition) is 2. The first kappa shape index (κ1) is 14.5. The number of carbonyl (C=O) groups excluding carboxylic acids is 1. The molecule has 0 aromatic heterocycles. The van der Waals surface area contributed by atoms with Crippen LogP contribution in [0.1, 0.15) is 0 Å². The molecule has 0 aliphatic rings. The molecule has 8 heteroatoms. The minimum atomic E-state index is -3.97. The molecular formula is C10H10ClNO5S. The standard InChI is InChI=1S/C10H10ClNO5S/c11-7-3-1-2-4-8(7)12-9(13)5-18(16,17)6-10(14)15/h1-4H,5-6H2,(H,12,13)(H,14,15). The summed E-state index contributed by atoms with van der Waals surface area (Å²) in [5, 5.41) is 10.9. The number of hydrogen-bond acceptors (Lipinski definition) is 4. The Bertz CT molecular complexity index is 569. The number of halogens is 1. The van der Waals surface area contributed by atoms with Crippen molar-refractivity contribution in [1.82, 2.24) is 0 Å². The van der Waals surface area contributed by atoms with E-state index in [1.807, 2.05) is 0 Å². The smallest absolute Gasteiger partial charge is 0.318 e. The Labute approximate surface area is 108 Å². The molecule has 0 unspecified atom stereocenters. The minimum absolute atomic E-state index is 0.265. The van der Waals surface area contributed by atoms with E-state index in [2.05, 4.69) is 5.32 Å². The average molecular weight is 292 g/mol. The average Bonchev–Trinajstić information content (AvgIpc) is 2.18. The van der Waals surface area contributed by atoms with Gasteiger partial charge in [-0.05, 0) is 12.1 Å². The van der Waals surface area contributed by atoms with Crippen molar-refractivity contribution in [3.63, 3.8) is 0 Å². The van der Waals surface area contributed by atoms with E-state index in [1.165, 1.54) is 12.1 Å². The highest BCUT2D eigenvalue weighted by Gasteiger charge is 2.20. The zero-order valence-electron chi connectivity index (χ0n) is 9.09. The van der Waals surface area contributed by atoms with Crippen LogP contribution in [0.25, 0.3) is 0 Å². The van der Waals surface area contributed by atoms with Gasteiger partial charge >= 0.3 is 5.97 Å². The highest BCUT2D eigenvalue weighted by molar-refractivity contribution is 7.92. The number of nitrogens with one attached hydrogen (secondary N) is 1. The summed E-state index contributed by atoms with van der Waals surface area (Å²) in [6.45, 7) is 0. The van der Waals surface area contributed by atoms with E-state index in [9.17, 15) is 18.0 Å². The van der Waals surface area contributed by atoms with E-state index in [-0.39, 0.29) is 10.7 Å². The van der Waals surface area contributed by atoms with Gasteiger partial charge in [0.2, 0.25) is 5.91 Å². The van der Waals surface area contributed by atoms with E-state index < -0.39 is 33.2 Å². The first-order valence-electron chi connectivity index (χ1n) is 4.77. The van der Waals surface area contributed by atoms with Gasteiger partial charge in [0, 0.05) is 0 Å². The molecule has 0 fully saturated rings. The van der Waals surface area contributed by atoms with Crippen molar-refractivity contribution in [2.45, 2.75) is 0 Å². The predicted molar refractivity (Wildman–Crippen MR) is 66.4 cm³/mol. The lowest BCUT2D eigenvalue weighted by Crippen LogP contribution is -2.27. The second-order valence-electron chi connectivity index (χ2n) is 3.45. The number of carboxylic acid groups (broad SMARTS) is 1. The van der Waals surface area contributed by atoms with Crippen molar-refractivity contribution in [2.24, 2.45) is 0 Å². The van der Waals surface area contributed by atoms with Crippen molar-refractivity contribution in [2.75, 3.05) is 16.8 Å². The van der Waals surface area contributed by atoms with Crippen LogP contribution < -0.4 is 5.32 Å². The Kier molecular flexibility index (Phi) is 4.69. The number of para-hydroxylation sites is 1. The molecule has 18 heavy (non-hydrogen) atoms. The number of aliphatic carboxylic acids is 1. The van der Waals surface area contributed by atoms with Gasteiger partial charge in [-0.1, -0.05) is 23.7 Å². The van der Waals surface area contributed by atoms with Crippen LogP contribution >= 0.6 is 11.6 Å². The highest BCUT2D eigenvalue weighted by Crippen LogP contribution is 2.20. The summed E-state index contributed by atoms with van der Waals surface area (Å²) in [6, 6.07) is 6.30. The molecule has 2 N–H and O–H groups in total. The van der Waals surface area contributed by atoms with Gasteiger partial charge in [0.15, 0.2) is 9.84 Å². The lowest BCUT2D eigenvalue weighted by Gasteiger charge is -2.06. The van der Waals surface area contributed by atoms with Crippen LogP contribution in [-0.2, 0) is 19.4 Å². The third-order valence-electron chi connectivity index (χ3n) is 1.84. The molecule has 0 aliphatic carbocycles. The monoisotopic (exact) mass is 291 g/mol. The maximum atomic E-state index is 11.4. The van der Waals surface area contributed by atoms with E-state index in [4.69, 9.17) is 16.7 Å². The molecule has 0 spiro atoms. The molecular weight excluding hydrogens is 282 g/mol. The van der Waals surface area contributed by atoms with Crippen LogP contribution in [0.2, 0.25) is 5.02 Å². The number of carbonyl (C=O) groups is 2. The van der Waals surface area contributed by atoms with Crippen molar-refractivity contribution < 1.29 is 23.1 Å². The summed E-state index contributed by atoms with van der Waals surface area (Å²) in [5.74, 6) is -4.31. The van der Waals surface area contributed by atoms with Gasteiger partial charge in [-0.25, -0.2) is 8.42 Å². The van der Waals surface area contributed by atoms with Crippen molar-refractivity contribution in [3.8, 4) is 0 Å². The zero-order chi connectivity index (χ0) is 13.8. The van der Waals surface area contributed by atoms with Crippen LogP contribution in [0, 0.1) is 0 Å². The summed E-state index contributed by atoms with van der Waals surface area (Å²) in [6.07, 6.45) is 0. The van der Waals surface area contributed by atoms with Gasteiger partial charge in [-0.15, -0.1) is 0 Å². The third kappa shape index (κ3) is 4.72. The van der Waals surface area contributed by atoms with Crippen molar-refractivity contribution >= 4 is 39.0 Å². The number of anilines is 1. The molecule has 0 heterocycles. The fraction of sp³-hybridized carbons (Fsp3) is 0.200. The molecule has 0 aliphatic heterocycles. The first-order valence-corrected chi connectivity index (χ1v) is 6.97. The predicted octanol–water partition coefficient (Wildman–Crippen LogP) is 0.778. The van der Waals surface area contributed by atoms with E-state index in [0.717, 1.165) is 0 Å². The largest absolute Gasteiger partial charge is 0.480 e. The Morgan fingerprint density at radius 1 is 1.22 bits per heavy atom. The second-order valence-corrected chi connectivity index (χ2v) is 5.93. The van der Waals surface area contributed by atoms with Crippen molar-refractivity contribution in [1.29, 1.82) is 0 Å². The van der Waals surface area contributed by atoms with E-state index in [0.29, 0.717) is 0 Å². The summed E-state index contributed by atoms with van der Waals surface area (Å²) < 4.78 is 22.5. The number of amides is 1. The molecule has 0 saturated carbocycles. The van der Waals surface area contributed by atoms with Gasteiger partial charge in [-0.3, -0.25) is 9.59 Å². The normalized spacial score (nSPS) is 10.9. The lowest BCUT2D eigenvalue weighted by atomic mass is 10.3. The molecule has 1 rings (SSSR count). The van der Waals surface area contributed by atoms with Gasteiger partial charge in [-0.2, -0.15) is 0 Å². The van der Waals surface area contributed by atoms with E-state index in [1.54, 1.807) is 12.1 Å². The number of benzene rings is 1. The Morgan fingerprint density at radius 2 is 1.83 bits per heavy atom. The molecule has 98 valence electrons. The highest BCUT2D eigenvalue weighted by atomic mass is 35.5. The lowest BCUT2D eigenvalue weighted by molar-refractivity contribution is -0.134. The fourth-order valence-corrected chi connectivity index (χ4v) is 2.32. The molecule has 1 amide bonds. The van der Waals surface area contributed by atoms with Gasteiger partial charge in [0.05, 0.1) is 10.7 Å². The third-order valence-corrected chi connectivity index (χ3v) is 3.56. The maximum Gasteiger partial charge on any atom is 0.318 e.